The SMILES string of the molecule is Cc1c(O)cccc1OCC1CCCCC1C(=O)N(C)C(C)C. The minimum absolute atomic E-state index is 0.0498. The summed E-state index contributed by atoms with van der Waals surface area (Å²) in [4.78, 5) is 14.6. The molecule has 0 bridgehead atoms. The van der Waals surface area contributed by atoms with Gasteiger partial charge in [0.15, 0.2) is 0 Å². The van der Waals surface area contributed by atoms with E-state index in [0.29, 0.717) is 12.4 Å². The van der Waals surface area contributed by atoms with Gasteiger partial charge in [-0.3, -0.25) is 4.79 Å². The lowest BCUT2D eigenvalue weighted by Crippen LogP contribution is -2.42. The molecule has 0 aliphatic heterocycles. The summed E-state index contributed by atoms with van der Waals surface area (Å²) in [6.07, 6.45) is 4.25. The summed E-state index contributed by atoms with van der Waals surface area (Å²) in [6.45, 7) is 6.47. The number of rotatable bonds is 5. The fourth-order valence-electron chi connectivity index (χ4n) is 3.20. The van der Waals surface area contributed by atoms with E-state index in [4.69, 9.17) is 4.74 Å². The van der Waals surface area contributed by atoms with Crippen molar-refractivity contribution < 1.29 is 14.6 Å². The largest absolute Gasteiger partial charge is 0.508 e. The Morgan fingerprint density at radius 1 is 1.35 bits per heavy atom. The fraction of sp³-hybridized carbons (Fsp3) is 0.632. The van der Waals surface area contributed by atoms with Gasteiger partial charge in [0, 0.05) is 30.5 Å². The van der Waals surface area contributed by atoms with Gasteiger partial charge in [-0.05, 0) is 45.7 Å². The molecule has 0 radical (unpaired) electrons. The van der Waals surface area contributed by atoms with Gasteiger partial charge in [0.05, 0.1) is 6.61 Å². The number of ether oxygens (including phenoxy) is 1. The van der Waals surface area contributed by atoms with Crippen LogP contribution >= 0.6 is 0 Å². The Hall–Kier alpha value is -1.71. The van der Waals surface area contributed by atoms with Gasteiger partial charge in [-0.25, -0.2) is 0 Å². The summed E-state index contributed by atoms with van der Waals surface area (Å²) in [7, 11) is 1.89. The molecule has 4 nitrogen and oxygen atoms in total. The van der Waals surface area contributed by atoms with Gasteiger partial charge in [0.2, 0.25) is 5.91 Å². The van der Waals surface area contributed by atoms with Crippen LogP contribution in [0.4, 0.5) is 0 Å². The molecule has 2 unspecified atom stereocenters. The van der Waals surface area contributed by atoms with Crippen LogP contribution in [0, 0.1) is 18.8 Å². The molecule has 1 aliphatic carbocycles. The van der Waals surface area contributed by atoms with E-state index in [1.54, 1.807) is 12.1 Å². The number of benzene rings is 1. The fourth-order valence-corrected chi connectivity index (χ4v) is 3.20. The third kappa shape index (κ3) is 4.18. The Bertz CT molecular complexity index is 541. The number of carbonyl (C=O) groups excluding carboxylic acids is 1. The molecule has 1 amide bonds. The monoisotopic (exact) mass is 319 g/mol. The normalized spacial score (nSPS) is 21.3. The molecule has 23 heavy (non-hydrogen) atoms. The molecule has 1 N–H and O–H groups in total. The Morgan fingerprint density at radius 2 is 2.04 bits per heavy atom. The summed E-state index contributed by atoms with van der Waals surface area (Å²) >= 11 is 0. The van der Waals surface area contributed by atoms with E-state index in [1.165, 1.54) is 0 Å². The number of aromatic hydroxyl groups is 1. The van der Waals surface area contributed by atoms with E-state index in [9.17, 15) is 9.90 Å². The number of nitrogens with zero attached hydrogens (tertiary/aromatic N) is 1. The van der Waals surface area contributed by atoms with E-state index in [0.717, 1.165) is 31.2 Å². The first-order valence-corrected chi connectivity index (χ1v) is 8.60. The van der Waals surface area contributed by atoms with E-state index >= 15 is 0 Å². The molecule has 1 aromatic carbocycles. The van der Waals surface area contributed by atoms with Crippen molar-refractivity contribution in [3.05, 3.63) is 23.8 Å². The van der Waals surface area contributed by atoms with Crippen LogP contribution in [0.2, 0.25) is 0 Å². The zero-order chi connectivity index (χ0) is 17.0. The zero-order valence-corrected chi connectivity index (χ0v) is 14.7. The highest BCUT2D eigenvalue weighted by Gasteiger charge is 2.33. The van der Waals surface area contributed by atoms with Crippen molar-refractivity contribution in [1.82, 2.24) is 4.90 Å². The van der Waals surface area contributed by atoms with Crippen LogP contribution in [0.3, 0.4) is 0 Å². The van der Waals surface area contributed by atoms with Crippen molar-refractivity contribution in [3.8, 4) is 11.5 Å². The van der Waals surface area contributed by atoms with Crippen LogP contribution in [0.15, 0.2) is 18.2 Å². The van der Waals surface area contributed by atoms with Crippen LogP contribution in [-0.2, 0) is 4.79 Å². The van der Waals surface area contributed by atoms with E-state index < -0.39 is 0 Å². The first kappa shape index (κ1) is 17.6. The van der Waals surface area contributed by atoms with Crippen molar-refractivity contribution in [1.29, 1.82) is 0 Å². The second-order valence-corrected chi connectivity index (χ2v) is 6.91. The zero-order valence-electron chi connectivity index (χ0n) is 14.7. The Labute approximate surface area is 139 Å². The Balaban J connectivity index is 2.04. The average molecular weight is 319 g/mol. The minimum Gasteiger partial charge on any atom is -0.508 e. The molecule has 1 aromatic rings. The molecule has 1 aliphatic rings. The van der Waals surface area contributed by atoms with Gasteiger partial charge < -0.3 is 14.7 Å². The average Bonchev–Trinajstić information content (AvgIpc) is 2.55. The maximum Gasteiger partial charge on any atom is 0.226 e. The van der Waals surface area contributed by atoms with Gasteiger partial charge in [0.25, 0.3) is 0 Å². The first-order valence-electron chi connectivity index (χ1n) is 8.60. The van der Waals surface area contributed by atoms with Crippen molar-refractivity contribution in [2.24, 2.45) is 11.8 Å². The van der Waals surface area contributed by atoms with Crippen LogP contribution in [0.5, 0.6) is 11.5 Å². The van der Waals surface area contributed by atoms with E-state index in [1.807, 2.05) is 38.8 Å². The number of hydrogen-bond donors (Lipinski definition) is 1. The summed E-state index contributed by atoms with van der Waals surface area (Å²) in [6, 6.07) is 5.54. The van der Waals surface area contributed by atoms with E-state index in [2.05, 4.69) is 0 Å². The lowest BCUT2D eigenvalue weighted by molar-refractivity contribution is -0.139. The van der Waals surface area contributed by atoms with E-state index in [-0.39, 0.29) is 29.5 Å². The molecule has 2 atom stereocenters. The second-order valence-electron chi connectivity index (χ2n) is 6.91. The highest BCUT2D eigenvalue weighted by atomic mass is 16.5. The Kier molecular flexibility index (Phi) is 5.91. The topological polar surface area (TPSA) is 49.8 Å². The standard InChI is InChI=1S/C19H29NO3/c1-13(2)20(4)19(22)16-9-6-5-8-15(16)12-23-18-11-7-10-17(21)14(18)3/h7,10-11,13,15-16,21H,5-6,8-9,12H2,1-4H3. The van der Waals surface area contributed by atoms with Gasteiger partial charge in [-0.2, -0.15) is 0 Å². The summed E-state index contributed by atoms with van der Waals surface area (Å²) in [5, 5.41) is 9.77. The molecule has 0 spiro atoms. The van der Waals surface area contributed by atoms with Crippen molar-refractivity contribution in [2.75, 3.05) is 13.7 Å². The van der Waals surface area contributed by atoms with Crippen LogP contribution < -0.4 is 4.74 Å². The third-order valence-corrected chi connectivity index (χ3v) is 5.06. The molecular formula is C19H29NO3. The lowest BCUT2D eigenvalue weighted by Gasteiger charge is -2.34. The van der Waals surface area contributed by atoms with Crippen LogP contribution in [0.1, 0.15) is 45.1 Å². The van der Waals surface area contributed by atoms with Gasteiger partial charge in [-0.1, -0.05) is 18.9 Å². The molecule has 0 heterocycles. The summed E-state index contributed by atoms with van der Waals surface area (Å²) < 4.78 is 5.95. The summed E-state index contributed by atoms with van der Waals surface area (Å²) in [5.41, 5.74) is 0.755. The quantitative estimate of drug-likeness (QED) is 0.899. The van der Waals surface area contributed by atoms with Gasteiger partial charge in [-0.15, -0.1) is 0 Å². The van der Waals surface area contributed by atoms with Crippen molar-refractivity contribution >= 4 is 5.91 Å². The number of phenols is 1. The van der Waals surface area contributed by atoms with Crippen LogP contribution in [0.25, 0.3) is 0 Å². The lowest BCUT2D eigenvalue weighted by atomic mass is 9.78. The third-order valence-electron chi connectivity index (χ3n) is 5.06. The Morgan fingerprint density at radius 3 is 2.74 bits per heavy atom. The predicted molar refractivity (Wildman–Crippen MR) is 91.7 cm³/mol. The number of amides is 1. The van der Waals surface area contributed by atoms with Crippen molar-refractivity contribution in [3.63, 3.8) is 0 Å². The number of carbonyl (C=O) groups is 1. The smallest absolute Gasteiger partial charge is 0.226 e. The minimum atomic E-state index is 0.0498. The number of hydrogen-bond acceptors (Lipinski definition) is 3. The highest BCUT2D eigenvalue weighted by molar-refractivity contribution is 5.79. The predicted octanol–water partition coefficient (Wildman–Crippen LogP) is 3.75. The second kappa shape index (κ2) is 7.71. The van der Waals surface area contributed by atoms with Crippen molar-refractivity contribution in [2.45, 2.75) is 52.5 Å². The molecule has 0 aromatic heterocycles. The molecule has 0 saturated heterocycles. The maximum atomic E-state index is 12.7. The summed E-state index contributed by atoms with van der Waals surface area (Å²) in [5.74, 6) is 1.49. The molecule has 4 heteroatoms. The first-order chi connectivity index (χ1) is 10.9. The molecule has 128 valence electrons. The molecular weight excluding hydrogens is 290 g/mol. The number of phenolic OH excluding ortho intramolecular Hbond substituents is 1. The van der Waals surface area contributed by atoms with Gasteiger partial charge >= 0.3 is 0 Å². The maximum absolute atomic E-state index is 12.7. The van der Waals surface area contributed by atoms with Gasteiger partial charge in [0.1, 0.15) is 11.5 Å². The highest BCUT2D eigenvalue weighted by Crippen LogP contribution is 2.33. The molecule has 2 rings (SSSR count). The molecule has 1 fully saturated rings. The molecule has 1 saturated carbocycles. The van der Waals surface area contributed by atoms with Crippen LogP contribution in [-0.4, -0.2) is 35.6 Å².